The second kappa shape index (κ2) is 6.61. The third-order valence-corrected chi connectivity index (χ3v) is 5.06. The van der Waals surface area contributed by atoms with Crippen LogP contribution in [0.15, 0.2) is 24.3 Å². The molecule has 0 bridgehead atoms. The summed E-state index contributed by atoms with van der Waals surface area (Å²) in [5, 5.41) is 0. The highest BCUT2D eigenvalue weighted by Crippen LogP contribution is 2.37. The fourth-order valence-electron chi connectivity index (χ4n) is 3.57. The normalized spacial score (nSPS) is 18.2. The minimum absolute atomic E-state index is 0.292. The Balaban J connectivity index is 2.20. The predicted octanol–water partition coefficient (Wildman–Crippen LogP) is 3.63. The Morgan fingerprint density at radius 2 is 1.95 bits per heavy atom. The van der Waals surface area contributed by atoms with Crippen molar-refractivity contribution in [1.82, 2.24) is 4.90 Å². The van der Waals surface area contributed by atoms with E-state index in [9.17, 15) is 4.79 Å². The maximum absolute atomic E-state index is 13.0. The molecule has 1 atom stereocenters. The molecule has 0 spiro atoms. The molecule has 0 saturated carbocycles. The number of hydrogen-bond donors (Lipinski definition) is 0. The van der Waals surface area contributed by atoms with Crippen molar-refractivity contribution in [2.45, 2.75) is 51.0 Å². The van der Waals surface area contributed by atoms with E-state index in [0.29, 0.717) is 24.7 Å². The van der Waals surface area contributed by atoms with Crippen LogP contribution in [0.25, 0.3) is 0 Å². The number of nitrogens with zero attached hydrogens (tertiary/aromatic N) is 1. The number of ether oxygens (including phenoxy) is 1. The molecular weight excluding hydrogens is 262 g/mol. The summed E-state index contributed by atoms with van der Waals surface area (Å²) in [6.45, 7) is 4.93. The average Bonchev–Trinajstić information content (AvgIpc) is 2.49. The van der Waals surface area contributed by atoms with Gasteiger partial charge in [0.25, 0.3) is 0 Å². The highest BCUT2D eigenvalue weighted by molar-refractivity contribution is 5.89. The lowest BCUT2D eigenvalue weighted by molar-refractivity contribution is -0.130. The molecule has 0 N–H and O–H groups in total. The fourth-order valence-corrected chi connectivity index (χ4v) is 3.57. The van der Waals surface area contributed by atoms with Crippen molar-refractivity contribution in [3.05, 3.63) is 29.8 Å². The van der Waals surface area contributed by atoms with Gasteiger partial charge in [-0.15, -0.1) is 0 Å². The SMILES string of the molecule is CCC(CC)(C(=O)CC1CCOc2ccccc21)N(C)C. The number of para-hydroxylation sites is 1. The molecule has 0 radical (unpaired) electrons. The van der Waals surface area contributed by atoms with Crippen LogP contribution in [0.1, 0.15) is 51.0 Å². The van der Waals surface area contributed by atoms with Gasteiger partial charge in [-0.25, -0.2) is 0 Å². The minimum Gasteiger partial charge on any atom is -0.493 e. The summed E-state index contributed by atoms with van der Waals surface area (Å²) in [6, 6.07) is 8.13. The molecule has 21 heavy (non-hydrogen) atoms. The van der Waals surface area contributed by atoms with Crippen molar-refractivity contribution in [2.75, 3.05) is 20.7 Å². The van der Waals surface area contributed by atoms with E-state index in [-0.39, 0.29) is 5.54 Å². The van der Waals surface area contributed by atoms with Crippen molar-refractivity contribution in [3.8, 4) is 5.75 Å². The number of rotatable bonds is 6. The van der Waals surface area contributed by atoms with Gasteiger partial charge in [-0.1, -0.05) is 32.0 Å². The summed E-state index contributed by atoms with van der Waals surface area (Å²) in [6.07, 6.45) is 3.26. The van der Waals surface area contributed by atoms with E-state index in [1.807, 2.05) is 32.3 Å². The summed E-state index contributed by atoms with van der Waals surface area (Å²) < 4.78 is 5.70. The van der Waals surface area contributed by atoms with Crippen LogP contribution in [0.4, 0.5) is 0 Å². The van der Waals surface area contributed by atoms with Gasteiger partial charge in [0.15, 0.2) is 5.78 Å². The highest BCUT2D eigenvalue weighted by Gasteiger charge is 2.38. The second-order valence-electron chi connectivity index (χ2n) is 6.13. The van der Waals surface area contributed by atoms with Crippen LogP contribution in [-0.4, -0.2) is 36.9 Å². The molecule has 3 nitrogen and oxygen atoms in total. The number of likely N-dealkylation sites (N-methyl/N-ethyl adjacent to an activating group) is 1. The first-order valence-corrected chi connectivity index (χ1v) is 7.97. The number of carbonyl (C=O) groups excluding carboxylic acids is 1. The van der Waals surface area contributed by atoms with Gasteiger partial charge in [0.1, 0.15) is 5.75 Å². The van der Waals surface area contributed by atoms with Gasteiger partial charge in [0.2, 0.25) is 0 Å². The van der Waals surface area contributed by atoms with Gasteiger partial charge < -0.3 is 4.74 Å². The Hall–Kier alpha value is -1.35. The molecule has 1 aliphatic rings. The largest absolute Gasteiger partial charge is 0.493 e. The van der Waals surface area contributed by atoms with Crippen molar-refractivity contribution in [3.63, 3.8) is 0 Å². The van der Waals surface area contributed by atoms with Crippen molar-refractivity contribution >= 4 is 5.78 Å². The van der Waals surface area contributed by atoms with E-state index in [1.165, 1.54) is 5.56 Å². The Morgan fingerprint density at radius 3 is 2.57 bits per heavy atom. The number of benzene rings is 1. The van der Waals surface area contributed by atoms with Gasteiger partial charge in [0, 0.05) is 6.42 Å². The van der Waals surface area contributed by atoms with Crippen LogP contribution in [0.2, 0.25) is 0 Å². The molecule has 1 unspecified atom stereocenters. The monoisotopic (exact) mass is 289 g/mol. The van der Waals surface area contributed by atoms with Gasteiger partial charge in [-0.05, 0) is 50.9 Å². The maximum Gasteiger partial charge on any atom is 0.153 e. The maximum atomic E-state index is 13.0. The molecule has 0 amide bonds. The van der Waals surface area contributed by atoms with E-state index in [2.05, 4.69) is 24.8 Å². The lowest BCUT2D eigenvalue weighted by atomic mass is 9.79. The zero-order chi connectivity index (χ0) is 15.5. The first-order chi connectivity index (χ1) is 10.0. The zero-order valence-electron chi connectivity index (χ0n) is 13.7. The lowest BCUT2D eigenvalue weighted by Gasteiger charge is -2.38. The molecule has 3 heteroatoms. The predicted molar refractivity (Wildman–Crippen MR) is 85.9 cm³/mol. The highest BCUT2D eigenvalue weighted by atomic mass is 16.5. The third kappa shape index (κ3) is 2.98. The van der Waals surface area contributed by atoms with Crippen molar-refractivity contribution in [1.29, 1.82) is 0 Å². The number of hydrogen-bond acceptors (Lipinski definition) is 3. The molecule has 0 aromatic heterocycles. The molecule has 1 aromatic rings. The molecule has 0 aliphatic carbocycles. The third-order valence-electron chi connectivity index (χ3n) is 5.06. The van der Waals surface area contributed by atoms with Crippen molar-refractivity contribution in [2.24, 2.45) is 0 Å². The summed E-state index contributed by atoms with van der Waals surface area (Å²) in [4.78, 5) is 15.1. The summed E-state index contributed by atoms with van der Waals surface area (Å²) in [7, 11) is 4.03. The first kappa shape index (κ1) is 16.0. The van der Waals surface area contributed by atoms with Crippen LogP contribution < -0.4 is 4.74 Å². The fraction of sp³-hybridized carbons (Fsp3) is 0.611. The van der Waals surface area contributed by atoms with Gasteiger partial charge in [0.05, 0.1) is 12.1 Å². The summed E-state index contributed by atoms with van der Waals surface area (Å²) in [5.41, 5.74) is 0.865. The van der Waals surface area contributed by atoms with Crippen molar-refractivity contribution < 1.29 is 9.53 Å². The Labute approximate surface area is 128 Å². The van der Waals surface area contributed by atoms with Gasteiger partial charge in [-0.2, -0.15) is 0 Å². The Morgan fingerprint density at radius 1 is 1.29 bits per heavy atom. The van der Waals surface area contributed by atoms with Gasteiger partial charge in [-0.3, -0.25) is 9.69 Å². The lowest BCUT2D eigenvalue weighted by Crippen LogP contribution is -2.50. The minimum atomic E-state index is -0.326. The number of Topliss-reactive ketones (excluding diaryl/α,β-unsaturated/α-hetero) is 1. The second-order valence-corrected chi connectivity index (χ2v) is 6.13. The number of fused-ring (bicyclic) bond motifs is 1. The van der Waals surface area contributed by atoms with E-state index in [1.54, 1.807) is 0 Å². The van der Waals surface area contributed by atoms with Crippen LogP contribution in [-0.2, 0) is 4.79 Å². The molecule has 0 saturated heterocycles. The van der Waals surface area contributed by atoms with E-state index in [0.717, 1.165) is 25.0 Å². The molecule has 1 heterocycles. The van der Waals surface area contributed by atoms with Crippen LogP contribution in [0, 0.1) is 0 Å². The molecule has 1 aromatic carbocycles. The molecular formula is C18H27NO2. The molecule has 2 rings (SSSR count). The number of carbonyl (C=O) groups is 1. The molecule has 0 fully saturated rings. The van der Waals surface area contributed by atoms with Crippen LogP contribution in [0.3, 0.4) is 0 Å². The smallest absolute Gasteiger partial charge is 0.153 e. The average molecular weight is 289 g/mol. The van der Waals surface area contributed by atoms with E-state index in [4.69, 9.17) is 4.74 Å². The zero-order valence-corrected chi connectivity index (χ0v) is 13.7. The van der Waals surface area contributed by atoms with Crippen LogP contribution >= 0.6 is 0 Å². The van der Waals surface area contributed by atoms with Gasteiger partial charge >= 0.3 is 0 Å². The van der Waals surface area contributed by atoms with Crippen LogP contribution in [0.5, 0.6) is 5.75 Å². The summed E-state index contributed by atoms with van der Waals surface area (Å²) in [5.74, 6) is 1.60. The Kier molecular flexibility index (Phi) is 5.04. The standard InChI is InChI=1S/C18H27NO2/c1-5-18(6-2,19(3)4)17(20)13-14-11-12-21-16-10-8-7-9-15(14)16/h7-10,14H,5-6,11-13H2,1-4H3. The summed E-state index contributed by atoms with van der Waals surface area (Å²) >= 11 is 0. The van der Waals surface area contributed by atoms with E-state index >= 15 is 0 Å². The topological polar surface area (TPSA) is 29.5 Å². The van der Waals surface area contributed by atoms with E-state index < -0.39 is 0 Å². The first-order valence-electron chi connectivity index (χ1n) is 7.97. The quantitative estimate of drug-likeness (QED) is 0.801. The Bertz CT molecular complexity index is 492. The molecule has 116 valence electrons. The molecule has 1 aliphatic heterocycles. The number of ketones is 1.